The molecule has 1 heterocycles. The molecule has 246 valence electrons. The van der Waals surface area contributed by atoms with E-state index in [1.165, 1.54) is 33.4 Å². The van der Waals surface area contributed by atoms with Crippen molar-refractivity contribution in [3.63, 3.8) is 0 Å². The van der Waals surface area contributed by atoms with Gasteiger partial charge >= 0.3 is 0 Å². The van der Waals surface area contributed by atoms with Crippen LogP contribution in [0.2, 0.25) is 0 Å². The molecule has 0 radical (unpaired) electrons. The Morgan fingerprint density at radius 3 is 1.73 bits per heavy atom. The summed E-state index contributed by atoms with van der Waals surface area (Å²) in [7, 11) is 2.02. The second-order valence-electron chi connectivity index (χ2n) is 14.0. The number of halogens is 1. The van der Waals surface area contributed by atoms with Gasteiger partial charge in [0.1, 0.15) is 5.82 Å². The number of nitrogens with zero attached hydrogens (tertiary/aromatic N) is 2. The van der Waals surface area contributed by atoms with Gasteiger partial charge in [0.25, 0.3) is 0 Å². The maximum atomic E-state index is 15.7. The van der Waals surface area contributed by atoms with Crippen molar-refractivity contribution in [2.75, 3.05) is 4.90 Å². The fourth-order valence-corrected chi connectivity index (χ4v) is 8.15. The average Bonchev–Trinajstić information content (AvgIpc) is 3.61. The smallest absolute Gasteiger partial charge is 0.133 e. The van der Waals surface area contributed by atoms with E-state index in [1.54, 1.807) is 12.1 Å². The van der Waals surface area contributed by atoms with Crippen LogP contribution in [0.5, 0.6) is 0 Å². The Bertz CT molecular complexity index is 2550. The third-order valence-corrected chi connectivity index (χ3v) is 10.7. The first-order valence-corrected chi connectivity index (χ1v) is 17.5. The van der Waals surface area contributed by atoms with Crippen LogP contribution in [-0.4, -0.2) is 4.57 Å². The molecule has 0 atom stereocenters. The lowest BCUT2D eigenvalue weighted by Gasteiger charge is -2.28. The molecular formula is C48H37FN2. The first-order valence-electron chi connectivity index (χ1n) is 17.5. The van der Waals surface area contributed by atoms with Crippen molar-refractivity contribution in [1.29, 1.82) is 0 Å². The van der Waals surface area contributed by atoms with Crippen LogP contribution < -0.4 is 4.90 Å². The highest BCUT2D eigenvalue weighted by Gasteiger charge is 2.35. The lowest BCUT2D eigenvalue weighted by molar-refractivity contribution is 0.640. The molecular weight excluding hydrogens is 624 g/mol. The first-order chi connectivity index (χ1) is 24.9. The number of aryl methyl sites for hydroxylation is 1. The molecule has 0 spiro atoms. The van der Waals surface area contributed by atoms with Gasteiger partial charge in [-0.1, -0.05) is 135 Å². The molecule has 1 aromatic heterocycles. The summed E-state index contributed by atoms with van der Waals surface area (Å²) in [5.41, 5.74) is 15.5. The third kappa shape index (κ3) is 5.00. The molecule has 51 heavy (non-hydrogen) atoms. The normalized spacial score (nSPS) is 12.9. The fourth-order valence-electron chi connectivity index (χ4n) is 8.15. The molecule has 7 aromatic carbocycles. The van der Waals surface area contributed by atoms with Crippen LogP contribution in [0.15, 0.2) is 170 Å². The second kappa shape index (κ2) is 12.0. The van der Waals surface area contributed by atoms with Gasteiger partial charge in [-0.2, -0.15) is 0 Å². The van der Waals surface area contributed by atoms with Crippen molar-refractivity contribution in [2.24, 2.45) is 7.05 Å². The summed E-state index contributed by atoms with van der Waals surface area (Å²) < 4.78 is 17.8. The maximum absolute atomic E-state index is 15.7. The van der Waals surface area contributed by atoms with Gasteiger partial charge in [-0.05, 0) is 93.0 Å². The Kier molecular flexibility index (Phi) is 7.25. The van der Waals surface area contributed by atoms with Crippen LogP contribution >= 0.6 is 0 Å². The summed E-state index contributed by atoms with van der Waals surface area (Å²) in [5.74, 6) is -0.216. The Morgan fingerprint density at radius 2 is 1.04 bits per heavy atom. The van der Waals surface area contributed by atoms with Crippen molar-refractivity contribution in [2.45, 2.75) is 19.3 Å². The molecule has 0 fully saturated rings. The largest absolute Gasteiger partial charge is 0.343 e. The van der Waals surface area contributed by atoms with Crippen LogP contribution in [0.4, 0.5) is 21.5 Å². The Balaban J connectivity index is 1.20. The van der Waals surface area contributed by atoms with Gasteiger partial charge < -0.3 is 9.47 Å². The van der Waals surface area contributed by atoms with Crippen LogP contribution in [-0.2, 0) is 12.5 Å². The highest BCUT2D eigenvalue weighted by atomic mass is 19.1. The molecule has 0 N–H and O–H groups in total. The van der Waals surface area contributed by atoms with Gasteiger partial charge in [0.2, 0.25) is 0 Å². The number of hydrogen-bond acceptors (Lipinski definition) is 1. The number of aromatic nitrogens is 1. The quantitative estimate of drug-likeness (QED) is 0.172. The van der Waals surface area contributed by atoms with E-state index in [1.807, 2.05) is 37.4 Å². The minimum atomic E-state index is -0.216. The Hall–Kier alpha value is -6.19. The summed E-state index contributed by atoms with van der Waals surface area (Å²) in [5, 5.41) is 0.639. The highest BCUT2D eigenvalue weighted by Crippen LogP contribution is 2.51. The van der Waals surface area contributed by atoms with Crippen molar-refractivity contribution in [3.05, 3.63) is 187 Å². The van der Waals surface area contributed by atoms with E-state index in [-0.39, 0.29) is 11.2 Å². The van der Waals surface area contributed by atoms with Gasteiger partial charge in [0.05, 0.1) is 11.2 Å². The predicted molar refractivity (Wildman–Crippen MR) is 211 cm³/mol. The summed E-state index contributed by atoms with van der Waals surface area (Å²) in [6, 6.07) is 59.2. The van der Waals surface area contributed by atoms with Crippen LogP contribution in [0.25, 0.3) is 55.5 Å². The Morgan fingerprint density at radius 1 is 0.490 bits per heavy atom. The van der Waals surface area contributed by atoms with E-state index in [2.05, 4.69) is 151 Å². The molecule has 8 aromatic rings. The van der Waals surface area contributed by atoms with Crippen LogP contribution in [0.3, 0.4) is 0 Å². The van der Waals surface area contributed by atoms with E-state index >= 15 is 4.39 Å². The minimum Gasteiger partial charge on any atom is -0.343 e. The molecule has 0 saturated carbocycles. The minimum absolute atomic E-state index is 0.124. The summed E-state index contributed by atoms with van der Waals surface area (Å²) >= 11 is 0. The first kappa shape index (κ1) is 30.8. The molecule has 1 aliphatic rings. The highest BCUT2D eigenvalue weighted by molar-refractivity contribution is 6.05. The number of rotatable bonds is 6. The number of anilines is 3. The zero-order chi connectivity index (χ0) is 34.7. The summed E-state index contributed by atoms with van der Waals surface area (Å²) in [4.78, 5) is 2.33. The molecule has 3 heteroatoms. The van der Waals surface area contributed by atoms with Gasteiger partial charge in [0.15, 0.2) is 0 Å². The van der Waals surface area contributed by atoms with E-state index in [0.29, 0.717) is 5.39 Å². The standard InChI is InChI=1S/C48H37FN2/c1-48(2)41-18-11-10-17-39(41)40-30-29-38(31-42(40)48)51(36-25-21-33(22-26-36)32-13-6-4-7-14-32)37-27-23-34(24-28-37)45-46-43(49)19-12-20-44(46)50(3)47(45)35-15-8-5-9-16-35/h4-31H,1-3H3. The molecule has 0 aliphatic heterocycles. The van der Waals surface area contributed by atoms with Crippen molar-refractivity contribution < 1.29 is 4.39 Å². The lowest BCUT2D eigenvalue weighted by atomic mass is 9.82. The average molecular weight is 661 g/mol. The van der Waals surface area contributed by atoms with Gasteiger partial charge in [-0.15, -0.1) is 0 Å². The maximum Gasteiger partial charge on any atom is 0.133 e. The van der Waals surface area contributed by atoms with Crippen molar-refractivity contribution in [1.82, 2.24) is 4.57 Å². The van der Waals surface area contributed by atoms with E-state index in [4.69, 9.17) is 0 Å². The van der Waals surface area contributed by atoms with E-state index in [0.717, 1.165) is 45.0 Å². The van der Waals surface area contributed by atoms with Gasteiger partial charge in [0, 0.05) is 40.5 Å². The van der Waals surface area contributed by atoms with Gasteiger partial charge in [-0.3, -0.25) is 0 Å². The molecule has 0 saturated heterocycles. The number of hydrogen-bond donors (Lipinski definition) is 0. The Labute approximate surface area is 298 Å². The monoisotopic (exact) mass is 660 g/mol. The second-order valence-corrected chi connectivity index (χ2v) is 14.0. The fraction of sp³-hybridized carbons (Fsp3) is 0.0833. The van der Waals surface area contributed by atoms with Gasteiger partial charge in [-0.25, -0.2) is 4.39 Å². The summed E-state index contributed by atoms with van der Waals surface area (Å²) in [6.07, 6.45) is 0. The third-order valence-electron chi connectivity index (χ3n) is 10.7. The molecule has 9 rings (SSSR count). The molecule has 0 amide bonds. The molecule has 1 aliphatic carbocycles. The van der Waals surface area contributed by atoms with Crippen LogP contribution in [0.1, 0.15) is 25.0 Å². The molecule has 2 nitrogen and oxygen atoms in total. The zero-order valence-corrected chi connectivity index (χ0v) is 28.9. The van der Waals surface area contributed by atoms with E-state index in [9.17, 15) is 0 Å². The number of benzene rings is 7. The molecule has 0 unspecified atom stereocenters. The SMILES string of the molecule is Cn1c(-c2ccccc2)c(-c2ccc(N(c3ccc(-c4ccccc4)cc3)c3ccc4c(c3)C(C)(C)c3ccccc3-4)cc2)c2c(F)cccc21. The van der Waals surface area contributed by atoms with Crippen LogP contribution in [0, 0.1) is 5.82 Å². The number of fused-ring (bicyclic) bond motifs is 4. The molecule has 0 bridgehead atoms. The van der Waals surface area contributed by atoms with Crippen molar-refractivity contribution >= 4 is 28.0 Å². The van der Waals surface area contributed by atoms with Crippen molar-refractivity contribution in [3.8, 4) is 44.6 Å². The van der Waals surface area contributed by atoms with E-state index < -0.39 is 0 Å². The zero-order valence-electron chi connectivity index (χ0n) is 28.9. The lowest BCUT2D eigenvalue weighted by Crippen LogP contribution is -2.16. The topological polar surface area (TPSA) is 8.17 Å². The summed E-state index contributed by atoms with van der Waals surface area (Å²) in [6.45, 7) is 4.64. The predicted octanol–water partition coefficient (Wildman–Crippen LogP) is 13.1.